The molecular weight excluding hydrogens is 701 g/mol. The van der Waals surface area contributed by atoms with Gasteiger partial charge in [-0.2, -0.15) is 0 Å². The highest BCUT2D eigenvalue weighted by Crippen LogP contribution is 2.44. The van der Waals surface area contributed by atoms with Gasteiger partial charge >= 0.3 is 6.36 Å². The lowest BCUT2D eigenvalue weighted by atomic mass is 9.81. The van der Waals surface area contributed by atoms with Gasteiger partial charge < -0.3 is 19.3 Å². The Bertz CT molecular complexity index is 2110. The third kappa shape index (κ3) is 9.17. The van der Waals surface area contributed by atoms with Crippen molar-refractivity contribution >= 4 is 17.5 Å². The monoisotopic (exact) mass is 736 g/mol. The minimum Gasteiger partial charge on any atom is -0.494 e. The van der Waals surface area contributed by atoms with Crippen molar-refractivity contribution in [1.82, 2.24) is 10.9 Å². The number of aliphatic hydroxyl groups is 1. The third-order valence-corrected chi connectivity index (χ3v) is 8.61. The number of benzene rings is 5. The molecule has 0 radical (unpaired) electrons. The molecule has 5 aromatic carbocycles. The third-order valence-electron chi connectivity index (χ3n) is 8.61. The van der Waals surface area contributed by atoms with Crippen molar-refractivity contribution in [3.8, 4) is 22.6 Å². The summed E-state index contributed by atoms with van der Waals surface area (Å²) in [4.78, 5) is 22.6. The van der Waals surface area contributed by atoms with E-state index in [0.29, 0.717) is 46.7 Å². The number of nitrogens with one attached hydrogen (secondary N) is 2. The molecule has 0 aromatic heterocycles. The van der Waals surface area contributed by atoms with E-state index in [1.165, 1.54) is 24.3 Å². The Morgan fingerprint density at radius 2 is 1.52 bits per heavy atom. The maximum absolute atomic E-state index is 14.6. The number of azide groups is 1. The van der Waals surface area contributed by atoms with Gasteiger partial charge in [0.1, 0.15) is 11.5 Å². The molecule has 0 unspecified atom stereocenters. The summed E-state index contributed by atoms with van der Waals surface area (Å²) < 4.78 is 54.3. The van der Waals surface area contributed by atoms with E-state index in [9.17, 15) is 23.5 Å². The molecule has 0 bridgehead atoms. The Labute approximate surface area is 308 Å². The molecule has 1 aliphatic heterocycles. The second-order valence-electron chi connectivity index (χ2n) is 12.3. The van der Waals surface area contributed by atoms with Crippen LogP contribution in [0, 0.1) is 0 Å². The SMILES string of the molecule is [N-]=[N+]=Nc1ccccc1C[C@]1(C(=O)NNCc2ccc(OC(F)(F)F)cc2)N=C(c2ccc(OCCCO)cc2)O[C@H]1c1ccc(-c2ccccc2)cc1. The number of carbonyl (C=O) groups excluding carboxylic acids is 1. The zero-order valence-electron chi connectivity index (χ0n) is 28.7. The molecule has 11 nitrogen and oxygen atoms in total. The predicted octanol–water partition coefficient (Wildman–Crippen LogP) is 8.28. The van der Waals surface area contributed by atoms with E-state index in [-0.39, 0.29) is 31.2 Å². The number of carbonyl (C=O) groups is 1. The summed E-state index contributed by atoms with van der Waals surface area (Å²) in [5, 5.41) is 13.0. The first kappa shape index (κ1) is 37.4. The lowest BCUT2D eigenvalue weighted by molar-refractivity contribution is -0.274. The zero-order chi connectivity index (χ0) is 38.0. The number of nitrogens with zero attached hydrogens (tertiary/aromatic N) is 4. The normalized spacial score (nSPS) is 16.4. The van der Waals surface area contributed by atoms with E-state index in [4.69, 9.17) is 19.6 Å². The Hall–Kier alpha value is -6.34. The lowest BCUT2D eigenvalue weighted by Gasteiger charge is -2.31. The van der Waals surface area contributed by atoms with Gasteiger partial charge in [0.05, 0.1) is 6.61 Å². The fourth-order valence-electron chi connectivity index (χ4n) is 6.00. The molecule has 1 amide bonds. The van der Waals surface area contributed by atoms with Crippen molar-refractivity contribution in [3.05, 3.63) is 160 Å². The maximum Gasteiger partial charge on any atom is 0.573 e. The van der Waals surface area contributed by atoms with Crippen molar-refractivity contribution in [2.75, 3.05) is 13.2 Å². The molecule has 6 rings (SSSR count). The molecule has 54 heavy (non-hydrogen) atoms. The average Bonchev–Trinajstić information content (AvgIpc) is 3.57. The number of hydrogen-bond donors (Lipinski definition) is 3. The van der Waals surface area contributed by atoms with Crippen LogP contribution in [0.25, 0.3) is 21.6 Å². The highest BCUT2D eigenvalue weighted by atomic mass is 19.4. The van der Waals surface area contributed by atoms with Gasteiger partial charge in [0, 0.05) is 42.2 Å². The Balaban J connectivity index is 1.37. The topological polar surface area (TPSA) is 150 Å². The summed E-state index contributed by atoms with van der Waals surface area (Å²) in [6.45, 7) is 0.386. The molecule has 3 N–H and O–H groups in total. The van der Waals surface area contributed by atoms with Crippen LogP contribution in [-0.2, 0) is 22.5 Å². The molecule has 0 saturated carbocycles. The van der Waals surface area contributed by atoms with Crippen molar-refractivity contribution in [2.24, 2.45) is 10.1 Å². The molecule has 276 valence electrons. The molecule has 5 aromatic rings. The van der Waals surface area contributed by atoms with Gasteiger partial charge in [-0.15, -0.1) is 13.2 Å². The van der Waals surface area contributed by atoms with Crippen molar-refractivity contribution in [3.63, 3.8) is 0 Å². The van der Waals surface area contributed by atoms with Crippen LogP contribution in [0.4, 0.5) is 18.9 Å². The summed E-state index contributed by atoms with van der Waals surface area (Å²) in [7, 11) is 0. The number of aliphatic hydroxyl groups excluding tert-OH is 1. The first-order valence-electron chi connectivity index (χ1n) is 16.9. The number of alkyl halides is 3. The zero-order valence-corrected chi connectivity index (χ0v) is 28.7. The molecule has 1 heterocycles. The quantitative estimate of drug-likeness (QED) is 0.0324. The van der Waals surface area contributed by atoms with Crippen LogP contribution in [0.15, 0.2) is 138 Å². The Morgan fingerprint density at radius 3 is 2.20 bits per heavy atom. The first-order chi connectivity index (χ1) is 26.2. The van der Waals surface area contributed by atoms with Crippen molar-refractivity contribution < 1.29 is 37.3 Å². The Morgan fingerprint density at radius 1 is 0.870 bits per heavy atom. The van der Waals surface area contributed by atoms with Crippen LogP contribution in [0.5, 0.6) is 11.5 Å². The largest absolute Gasteiger partial charge is 0.573 e. The average molecular weight is 737 g/mol. The van der Waals surface area contributed by atoms with E-state index in [0.717, 1.165) is 11.1 Å². The van der Waals surface area contributed by atoms with Gasteiger partial charge in [0.2, 0.25) is 5.90 Å². The molecule has 2 atom stereocenters. The number of aliphatic imine (C=N–C) groups is 1. The summed E-state index contributed by atoms with van der Waals surface area (Å²) >= 11 is 0. The predicted molar refractivity (Wildman–Crippen MR) is 196 cm³/mol. The number of rotatable bonds is 15. The highest BCUT2D eigenvalue weighted by molar-refractivity contribution is 6.01. The molecule has 0 fully saturated rings. The van der Waals surface area contributed by atoms with Gasteiger partial charge in [0.15, 0.2) is 11.6 Å². The maximum atomic E-state index is 14.6. The smallest absolute Gasteiger partial charge is 0.494 e. The number of hydrogen-bond acceptors (Lipinski definition) is 8. The minimum atomic E-state index is -4.82. The summed E-state index contributed by atoms with van der Waals surface area (Å²) in [5.41, 5.74) is 17.9. The molecule has 14 heteroatoms. The van der Waals surface area contributed by atoms with Crippen LogP contribution in [0.1, 0.15) is 34.8 Å². The standard InChI is InChI=1S/C40H35F3N6O5/c41-40(42,43)54-34-19-11-27(12-20-34)26-45-48-38(51)39(25-32-9-4-5-10-35(32)47-49-44)36(30-15-13-29(14-16-30)28-7-2-1-3-8-28)53-37(46-39)31-17-21-33(22-18-31)52-24-6-23-50/h1-5,7-22,36,45,50H,6,23-26H2,(H,48,51)/t36-,39-/m0/s1. The van der Waals surface area contributed by atoms with E-state index >= 15 is 0 Å². The molecule has 0 spiro atoms. The molecular formula is C40H35F3N6O5. The number of amides is 1. The summed E-state index contributed by atoms with van der Waals surface area (Å²) in [6.07, 6.45) is -5.37. The Kier molecular flexibility index (Phi) is 11.8. The van der Waals surface area contributed by atoms with Gasteiger partial charge in [-0.25, -0.2) is 10.4 Å². The molecule has 1 aliphatic rings. The number of halogens is 3. The van der Waals surface area contributed by atoms with E-state index in [1.807, 2.05) is 54.6 Å². The van der Waals surface area contributed by atoms with Crippen LogP contribution in [0.3, 0.4) is 0 Å². The van der Waals surface area contributed by atoms with Crippen LogP contribution >= 0.6 is 0 Å². The van der Waals surface area contributed by atoms with Crippen molar-refractivity contribution in [1.29, 1.82) is 0 Å². The van der Waals surface area contributed by atoms with E-state index in [2.05, 4.69) is 25.6 Å². The lowest BCUT2D eigenvalue weighted by Crippen LogP contribution is -2.53. The van der Waals surface area contributed by atoms with Crippen LogP contribution < -0.4 is 20.3 Å². The fourth-order valence-corrected chi connectivity index (χ4v) is 6.00. The minimum absolute atomic E-state index is 0.00144. The second-order valence-corrected chi connectivity index (χ2v) is 12.3. The number of hydrazine groups is 1. The van der Waals surface area contributed by atoms with Crippen molar-refractivity contribution in [2.45, 2.75) is 37.4 Å². The van der Waals surface area contributed by atoms with Crippen LogP contribution in [-0.4, -0.2) is 42.0 Å². The van der Waals surface area contributed by atoms with E-state index < -0.39 is 23.9 Å². The number of ether oxygens (including phenoxy) is 3. The van der Waals surface area contributed by atoms with E-state index in [1.54, 1.807) is 48.5 Å². The molecule has 0 aliphatic carbocycles. The van der Waals surface area contributed by atoms with Crippen LogP contribution in [0.2, 0.25) is 0 Å². The second kappa shape index (κ2) is 17.0. The van der Waals surface area contributed by atoms with Gasteiger partial charge in [-0.1, -0.05) is 96.1 Å². The summed E-state index contributed by atoms with van der Waals surface area (Å²) in [6, 6.07) is 36.6. The molecule has 0 saturated heterocycles. The first-order valence-corrected chi connectivity index (χ1v) is 16.9. The van der Waals surface area contributed by atoms with Gasteiger partial charge in [0.25, 0.3) is 5.91 Å². The summed E-state index contributed by atoms with van der Waals surface area (Å²) in [5.74, 6) is -0.186. The van der Waals surface area contributed by atoms with Gasteiger partial charge in [-0.3, -0.25) is 10.2 Å². The highest BCUT2D eigenvalue weighted by Gasteiger charge is 2.53. The van der Waals surface area contributed by atoms with Gasteiger partial charge in [-0.05, 0) is 69.7 Å². The fraction of sp³-hybridized carbons (Fsp3) is 0.200.